The van der Waals surface area contributed by atoms with E-state index < -0.39 is 0 Å². The molecule has 0 bridgehead atoms. The highest BCUT2D eigenvalue weighted by Gasteiger charge is 2.15. The van der Waals surface area contributed by atoms with Gasteiger partial charge in [-0.05, 0) is 32.3 Å². The van der Waals surface area contributed by atoms with E-state index in [-0.39, 0.29) is 0 Å². The van der Waals surface area contributed by atoms with Crippen molar-refractivity contribution in [1.29, 1.82) is 0 Å². The zero-order chi connectivity index (χ0) is 11.2. The first-order valence-electron chi connectivity index (χ1n) is 6.17. The second-order valence-electron chi connectivity index (χ2n) is 4.50. The molecule has 1 aliphatic heterocycles. The number of hydrogen-bond donors (Lipinski definition) is 1. The van der Waals surface area contributed by atoms with Crippen LogP contribution in [0.4, 0.5) is 0 Å². The number of aryl methyl sites for hydroxylation is 1. The van der Waals surface area contributed by atoms with Crippen molar-refractivity contribution in [2.24, 2.45) is 0 Å². The molecule has 1 aromatic rings. The van der Waals surface area contributed by atoms with Crippen molar-refractivity contribution in [3.05, 3.63) is 18.5 Å². The van der Waals surface area contributed by atoms with E-state index in [1.165, 1.54) is 12.8 Å². The van der Waals surface area contributed by atoms with Gasteiger partial charge in [0.25, 0.3) is 0 Å². The molecular formula is C12H21N3O. The monoisotopic (exact) mass is 223 g/mol. The first-order valence-corrected chi connectivity index (χ1v) is 6.17. The Morgan fingerprint density at radius 1 is 1.62 bits per heavy atom. The lowest BCUT2D eigenvalue weighted by Gasteiger charge is -2.16. The van der Waals surface area contributed by atoms with Crippen molar-refractivity contribution < 1.29 is 4.74 Å². The van der Waals surface area contributed by atoms with Crippen molar-refractivity contribution in [3.8, 4) is 0 Å². The van der Waals surface area contributed by atoms with Gasteiger partial charge in [0.2, 0.25) is 0 Å². The summed E-state index contributed by atoms with van der Waals surface area (Å²) in [4.78, 5) is 0. The predicted octanol–water partition coefficient (Wildman–Crippen LogP) is 1.43. The van der Waals surface area contributed by atoms with Crippen LogP contribution < -0.4 is 5.32 Å². The van der Waals surface area contributed by atoms with Gasteiger partial charge in [-0.25, -0.2) is 0 Å². The Balaban J connectivity index is 1.58. The molecule has 0 radical (unpaired) electrons. The van der Waals surface area contributed by atoms with Crippen LogP contribution >= 0.6 is 0 Å². The number of aromatic nitrogens is 2. The minimum atomic E-state index is 0.437. The molecule has 90 valence electrons. The normalized spacial score (nSPS) is 22.4. The van der Waals surface area contributed by atoms with Crippen LogP contribution in [0.5, 0.6) is 0 Å². The summed E-state index contributed by atoms with van der Waals surface area (Å²) < 4.78 is 7.55. The van der Waals surface area contributed by atoms with Gasteiger partial charge in [0.15, 0.2) is 0 Å². The average molecular weight is 223 g/mol. The van der Waals surface area contributed by atoms with E-state index in [4.69, 9.17) is 4.74 Å². The summed E-state index contributed by atoms with van der Waals surface area (Å²) >= 11 is 0. The summed E-state index contributed by atoms with van der Waals surface area (Å²) in [5.41, 5.74) is 0. The molecule has 1 aromatic heterocycles. The van der Waals surface area contributed by atoms with Gasteiger partial charge in [0.05, 0.1) is 6.10 Å². The second kappa shape index (κ2) is 6.01. The summed E-state index contributed by atoms with van der Waals surface area (Å²) in [5, 5.41) is 7.71. The smallest absolute Gasteiger partial charge is 0.0700 e. The third-order valence-corrected chi connectivity index (χ3v) is 3.07. The van der Waals surface area contributed by atoms with Crippen molar-refractivity contribution in [2.45, 2.75) is 44.9 Å². The third-order valence-electron chi connectivity index (χ3n) is 3.07. The highest BCUT2D eigenvalue weighted by atomic mass is 16.5. The SMILES string of the molecule is CC(CCn1cccn1)NCC1CCCO1. The van der Waals surface area contributed by atoms with Crippen molar-refractivity contribution >= 4 is 0 Å². The van der Waals surface area contributed by atoms with Gasteiger partial charge in [-0.3, -0.25) is 4.68 Å². The molecule has 4 heteroatoms. The average Bonchev–Trinajstić information content (AvgIpc) is 2.96. The van der Waals surface area contributed by atoms with E-state index in [2.05, 4.69) is 17.3 Å². The Kier molecular flexibility index (Phi) is 4.36. The maximum atomic E-state index is 5.57. The van der Waals surface area contributed by atoms with Crippen molar-refractivity contribution in [3.63, 3.8) is 0 Å². The molecule has 4 nitrogen and oxygen atoms in total. The minimum absolute atomic E-state index is 0.437. The van der Waals surface area contributed by atoms with Gasteiger partial charge in [-0.15, -0.1) is 0 Å². The molecule has 1 aliphatic rings. The Morgan fingerprint density at radius 2 is 2.56 bits per heavy atom. The summed E-state index contributed by atoms with van der Waals surface area (Å²) in [7, 11) is 0. The number of nitrogens with zero attached hydrogens (tertiary/aromatic N) is 2. The van der Waals surface area contributed by atoms with Crippen LogP contribution in [0.3, 0.4) is 0 Å². The van der Waals surface area contributed by atoms with E-state index >= 15 is 0 Å². The maximum absolute atomic E-state index is 5.57. The van der Waals surface area contributed by atoms with Gasteiger partial charge in [-0.2, -0.15) is 5.10 Å². The summed E-state index contributed by atoms with van der Waals surface area (Å²) in [6, 6.07) is 2.48. The molecule has 0 spiro atoms. The van der Waals surface area contributed by atoms with Gasteiger partial charge in [-0.1, -0.05) is 0 Å². The van der Waals surface area contributed by atoms with Crippen molar-refractivity contribution in [2.75, 3.05) is 13.2 Å². The fraction of sp³-hybridized carbons (Fsp3) is 0.750. The van der Waals surface area contributed by atoms with Crippen molar-refractivity contribution in [1.82, 2.24) is 15.1 Å². The van der Waals surface area contributed by atoms with Crippen LogP contribution in [0.25, 0.3) is 0 Å². The van der Waals surface area contributed by atoms with Crippen LogP contribution in [-0.2, 0) is 11.3 Å². The van der Waals surface area contributed by atoms with Gasteiger partial charge >= 0.3 is 0 Å². The highest BCUT2D eigenvalue weighted by molar-refractivity contribution is 4.78. The fourth-order valence-corrected chi connectivity index (χ4v) is 2.00. The molecule has 1 N–H and O–H groups in total. The molecule has 2 heterocycles. The fourth-order valence-electron chi connectivity index (χ4n) is 2.00. The van der Waals surface area contributed by atoms with Gasteiger partial charge < -0.3 is 10.1 Å². The van der Waals surface area contributed by atoms with Crippen LogP contribution in [-0.4, -0.2) is 35.1 Å². The summed E-state index contributed by atoms with van der Waals surface area (Å²) in [6.07, 6.45) is 7.80. The van der Waals surface area contributed by atoms with Gasteiger partial charge in [0, 0.05) is 38.1 Å². The lowest BCUT2D eigenvalue weighted by molar-refractivity contribution is 0.107. The van der Waals surface area contributed by atoms with E-state index in [0.717, 1.165) is 26.1 Å². The first-order chi connectivity index (χ1) is 7.84. The summed E-state index contributed by atoms with van der Waals surface area (Å²) in [5.74, 6) is 0. The van der Waals surface area contributed by atoms with E-state index in [1.54, 1.807) is 0 Å². The van der Waals surface area contributed by atoms with Crippen LogP contribution in [0.1, 0.15) is 26.2 Å². The highest BCUT2D eigenvalue weighted by Crippen LogP contribution is 2.11. The Morgan fingerprint density at radius 3 is 3.25 bits per heavy atom. The molecule has 0 aromatic carbocycles. The molecule has 1 fully saturated rings. The van der Waals surface area contributed by atoms with Crippen LogP contribution in [0.15, 0.2) is 18.5 Å². The molecule has 2 atom stereocenters. The second-order valence-corrected chi connectivity index (χ2v) is 4.50. The first kappa shape index (κ1) is 11.6. The topological polar surface area (TPSA) is 39.1 Å². The van der Waals surface area contributed by atoms with Crippen LogP contribution in [0, 0.1) is 0 Å². The lowest BCUT2D eigenvalue weighted by Crippen LogP contribution is -2.34. The molecule has 1 saturated heterocycles. The quantitative estimate of drug-likeness (QED) is 0.793. The largest absolute Gasteiger partial charge is 0.377 e. The third kappa shape index (κ3) is 3.61. The molecular weight excluding hydrogens is 202 g/mol. The Labute approximate surface area is 97.0 Å². The molecule has 2 rings (SSSR count). The molecule has 0 amide bonds. The molecule has 0 aliphatic carbocycles. The number of ether oxygens (including phenoxy) is 1. The lowest BCUT2D eigenvalue weighted by atomic mass is 10.2. The number of nitrogens with one attached hydrogen (secondary N) is 1. The van der Waals surface area contributed by atoms with Crippen LogP contribution in [0.2, 0.25) is 0 Å². The van der Waals surface area contributed by atoms with E-state index in [1.807, 2.05) is 23.1 Å². The van der Waals surface area contributed by atoms with E-state index in [9.17, 15) is 0 Å². The number of hydrogen-bond acceptors (Lipinski definition) is 3. The zero-order valence-electron chi connectivity index (χ0n) is 9.93. The van der Waals surface area contributed by atoms with E-state index in [0.29, 0.717) is 12.1 Å². The molecule has 2 unspecified atom stereocenters. The zero-order valence-corrected chi connectivity index (χ0v) is 9.93. The Bertz CT molecular complexity index is 280. The Hall–Kier alpha value is -0.870. The number of rotatable bonds is 6. The minimum Gasteiger partial charge on any atom is -0.377 e. The summed E-state index contributed by atoms with van der Waals surface area (Å²) in [6.45, 7) is 5.12. The standard InChI is InChI=1S/C12H21N3O/c1-11(5-8-15-7-3-6-14-15)13-10-12-4-2-9-16-12/h3,6-7,11-13H,2,4-5,8-10H2,1H3. The molecule has 16 heavy (non-hydrogen) atoms. The predicted molar refractivity (Wildman–Crippen MR) is 63.3 cm³/mol. The van der Waals surface area contributed by atoms with Gasteiger partial charge in [0.1, 0.15) is 0 Å². The molecule has 0 saturated carbocycles. The maximum Gasteiger partial charge on any atom is 0.0700 e.